The van der Waals surface area contributed by atoms with Gasteiger partial charge >= 0.3 is 6.03 Å². The number of amides is 3. The molecule has 0 heterocycles. The highest BCUT2D eigenvalue weighted by Gasteiger charge is 2.21. The Labute approximate surface area is 158 Å². The van der Waals surface area contributed by atoms with E-state index in [1.807, 2.05) is 12.1 Å². The predicted octanol–water partition coefficient (Wildman–Crippen LogP) is 4.04. The molecule has 0 radical (unpaired) electrons. The average molecular weight is 365 g/mol. The van der Waals surface area contributed by atoms with Crippen LogP contribution >= 0.6 is 0 Å². The van der Waals surface area contributed by atoms with Crippen LogP contribution in [-0.2, 0) is 0 Å². The lowest BCUT2D eigenvalue weighted by Gasteiger charge is -2.09. The van der Waals surface area contributed by atoms with E-state index < -0.39 is 0 Å². The van der Waals surface area contributed by atoms with Crippen molar-refractivity contribution in [3.05, 3.63) is 66.7 Å². The number of carbonyl (C=O) groups excluding carboxylic acids is 2. The highest BCUT2D eigenvalue weighted by atomic mass is 16.5. The Morgan fingerprint density at radius 3 is 2.22 bits per heavy atom. The molecular weight excluding hydrogens is 342 g/mol. The van der Waals surface area contributed by atoms with Gasteiger partial charge in [0.25, 0.3) is 5.91 Å². The van der Waals surface area contributed by atoms with E-state index in [0.717, 1.165) is 12.4 Å². The van der Waals surface area contributed by atoms with Gasteiger partial charge in [0.1, 0.15) is 5.75 Å². The van der Waals surface area contributed by atoms with Gasteiger partial charge in [0.15, 0.2) is 0 Å². The van der Waals surface area contributed by atoms with Gasteiger partial charge in [-0.3, -0.25) is 4.79 Å². The van der Waals surface area contributed by atoms with Gasteiger partial charge in [0.2, 0.25) is 0 Å². The van der Waals surface area contributed by atoms with Crippen molar-refractivity contribution in [2.75, 3.05) is 23.8 Å². The summed E-state index contributed by atoms with van der Waals surface area (Å²) in [6, 6.07) is 13.7. The Morgan fingerprint density at radius 2 is 1.63 bits per heavy atom. The molecule has 0 aromatic heterocycles. The lowest BCUT2D eigenvalue weighted by molar-refractivity contribution is 0.102. The smallest absolute Gasteiger partial charge is 0.319 e. The molecule has 1 fully saturated rings. The number of rotatable bonds is 8. The summed E-state index contributed by atoms with van der Waals surface area (Å²) in [6.45, 7) is 4.68. The summed E-state index contributed by atoms with van der Waals surface area (Å²) in [5.74, 6) is 1.27. The van der Waals surface area contributed by atoms with Gasteiger partial charge < -0.3 is 20.7 Å². The number of carbonyl (C=O) groups is 2. The maximum Gasteiger partial charge on any atom is 0.319 e. The molecule has 6 nitrogen and oxygen atoms in total. The Morgan fingerprint density at radius 1 is 1.00 bits per heavy atom. The van der Waals surface area contributed by atoms with E-state index in [1.54, 1.807) is 42.5 Å². The normalized spacial score (nSPS) is 12.7. The zero-order chi connectivity index (χ0) is 19.1. The van der Waals surface area contributed by atoms with Crippen LogP contribution in [0.4, 0.5) is 16.2 Å². The van der Waals surface area contributed by atoms with Crippen molar-refractivity contribution in [3.63, 3.8) is 0 Å². The number of urea groups is 1. The molecule has 3 N–H and O–H groups in total. The van der Waals surface area contributed by atoms with Gasteiger partial charge in [-0.05, 0) is 67.3 Å². The van der Waals surface area contributed by atoms with Crippen molar-refractivity contribution in [1.82, 2.24) is 5.32 Å². The molecule has 1 saturated carbocycles. The Balaban J connectivity index is 1.50. The maximum absolute atomic E-state index is 12.3. The third-order valence-corrected chi connectivity index (χ3v) is 4.11. The molecule has 2 aromatic carbocycles. The third kappa shape index (κ3) is 5.88. The number of hydrogen-bond acceptors (Lipinski definition) is 3. The van der Waals surface area contributed by atoms with Crippen LogP contribution in [0.1, 0.15) is 23.2 Å². The van der Waals surface area contributed by atoms with Gasteiger partial charge in [-0.1, -0.05) is 6.08 Å². The first kappa shape index (κ1) is 18.5. The first-order valence-corrected chi connectivity index (χ1v) is 8.94. The van der Waals surface area contributed by atoms with Crippen LogP contribution in [0.25, 0.3) is 0 Å². The van der Waals surface area contributed by atoms with Gasteiger partial charge in [0, 0.05) is 23.5 Å². The first-order valence-electron chi connectivity index (χ1n) is 8.94. The summed E-state index contributed by atoms with van der Waals surface area (Å²) in [6.07, 6.45) is 4.09. The van der Waals surface area contributed by atoms with Crippen molar-refractivity contribution in [1.29, 1.82) is 0 Å². The van der Waals surface area contributed by atoms with Crippen molar-refractivity contribution in [2.24, 2.45) is 5.92 Å². The highest BCUT2D eigenvalue weighted by Crippen LogP contribution is 2.29. The fraction of sp³-hybridized carbons (Fsp3) is 0.238. The minimum Gasteiger partial charge on any atom is -0.493 e. The largest absolute Gasteiger partial charge is 0.493 e. The minimum atomic E-state index is -0.310. The highest BCUT2D eigenvalue weighted by molar-refractivity contribution is 6.04. The molecule has 1 aliphatic carbocycles. The SMILES string of the molecule is C=CCNC(=O)Nc1ccc(NC(=O)c2ccc(OCC3CC3)cc2)cc1. The number of benzene rings is 2. The first-order chi connectivity index (χ1) is 13.1. The number of hydrogen-bond donors (Lipinski definition) is 3. The van der Waals surface area contributed by atoms with Crippen LogP contribution < -0.4 is 20.7 Å². The minimum absolute atomic E-state index is 0.201. The van der Waals surface area contributed by atoms with Crippen molar-refractivity contribution in [3.8, 4) is 5.75 Å². The molecule has 0 unspecified atom stereocenters. The van der Waals surface area contributed by atoms with Crippen LogP contribution in [-0.4, -0.2) is 25.1 Å². The summed E-state index contributed by atoms with van der Waals surface area (Å²) >= 11 is 0. The van der Waals surface area contributed by atoms with E-state index in [1.165, 1.54) is 12.8 Å². The lowest BCUT2D eigenvalue weighted by Crippen LogP contribution is -2.28. The summed E-state index contributed by atoms with van der Waals surface area (Å²) < 4.78 is 5.68. The van der Waals surface area contributed by atoms with Crippen molar-refractivity contribution in [2.45, 2.75) is 12.8 Å². The molecule has 27 heavy (non-hydrogen) atoms. The molecule has 3 amide bonds. The van der Waals surface area contributed by atoms with E-state index >= 15 is 0 Å². The zero-order valence-electron chi connectivity index (χ0n) is 15.0. The molecule has 0 atom stereocenters. The molecule has 0 aliphatic heterocycles. The van der Waals surface area contributed by atoms with Crippen molar-refractivity contribution >= 4 is 23.3 Å². The van der Waals surface area contributed by atoms with Crippen LogP contribution in [0, 0.1) is 5.92 Å². The molecule has 2 aromatic rings. The van der Waals surface area contributed by atoms with Gasteiger partial charge in [-0.15, -0.1) is 6.58 Å². The molecule has 3 rings (SSSR count). The monoisotopic (exact) mass is 365 g/mol. The van der Waals surface area contributed by atoms with E-state index in [0.29, 0.717) is 29.4 Å². The molecule has 0 spiro atoms. The van der Waals surface area contributed by atoms with Crippen LogP contribution in [0.5, 0.6) is 5.75 Å². The summed E-state index contributed by atoms with van der Waals surface area (Å²) in [7, 11) is 0. The van der Waals surface area contributed by atoms with E-state index in [2.05, 4.69) is 22.5 Å². The number of nitrogens with one attached hydrogen (secondary N) is 3. The molecular formula is C21H23N3O3. The second kappa shape index (κ2) is 8.89. The molecule has 140 valence electrons. The van der Waals surface area contributed by atoms with Crippen molar-refractivity contribution < 1.29 is 14.3 Å². The molecule has 0 saturated heterocycles. The topological polar surface area (TPSA) is 79.5 Å². The predicted molar refractivity (Wildman–Crippen MR) is 106 cm³/mol. The van der Waals surface area contributed by atoms with E-state index in [-0.39, 0.29) is 11.9 Å². The fourth-order valence-corrected chi connectivity index (χ4v) is 2.38. The standard InChI is InChI=1S/C21H23N3O3/c1-2-13-22-21(26)24-18-9-7-17(8-10-18)23-20(25)16-5-11-19(12-6-16)27-14-15-3-4-15/h2,5-12,15H,1,3-4,13-14H2,(H,23,25)(H2,22,24,26). The average Bonchev–Trinajstić information content (AvgIpc) is 3.51. The van der Waals surface area contributed by atoms with Crippen LogP contribution in [0.2, 0.25) is 0 Å². The second-order valence-electron chi connectivity index (χ2n) is 6.43. The Kier molecular flexibility index (Phi) is 6.10. The van der Waals surface area contributed by atoms with Crippen LogP contribution in [0.15, 0.2) is 61.2 Å². The van der Waals surface area contributed by atoms with Crippen LogP contribution in [0.3, 0.4) is 0 Å². The molecule has 6 heteroatoms. The molecule has 1 aliphatic rings. The van der Waals surface area contributed by atoms with E-state index in [9.17, 15) is 9.59 Å². The Hall–Kier alpha value is -3.28. The lowest BCUT2D eigenvalue weighted by atomic mass is 10.2. The summed E-state index contributed by atoms with van der Waals surface area (Å²) in [5, 5.41) is 8.15. The van der Waals surface area contributed by atoms with Gasteiger partial charge in [-0.25, -0.2) is 4.79 Å². The summed E-state index contributed by atoms with van der Waals surface area (Å²) in [4.78, 5) is 23.9. The zero-order valence-corrected chi connectivity index (χ0v) is 15.0. The number of ether oxygens (including phenoxy) is 1. The number of anilines is 2. The Bertz CT molecular complexity index is 796. The third-order valence-electron chi connectivity index (χ3n) is 4.11. The maximum atomic E-state index is 12.3. The fourth-order valence-electron chi connectivity index (χ4n) is 2.38. The quantitative estimate of drug-likeness (QED) is 0.618. The van der Waals surface area contributed by atoms with E-state index in [4.69, 9.17) is 4.74 Å². The van der Waals surface area contributed by atoms with Gasteiger partial charge in [-0.2, -0.15) is 0 Å². The van der Waals surface area contributed by atoms with Gasteiger partial charge in [0.05, 0.1) is 6.61 Å². The second-order valence-corrected chi connectivity index (χ2v) is 6.43. The summed E-state index contributed by atoms with van der Waals surface area (Å²) in [5.41, 5.74) is 1.83. The molecule has 0 bridgehead atoms.